The van der Waals surface area contributed by atoms with Crippen molar-refractivity contribution in [1.82, 2.24) is 0 Å². The zero-order valence-electron chi connectivity index (χ0n) is 8.16. The van der Waals surface area contributed by atoms with Gasteiger partial charge in [0.05, 0.1) is 6.61 Å². The van der Waals surface area contributed by atoms with Gasteiger partial charge in [-0.1, -0.05) is 14.9 Å². The maximum absolute atomic E-state index is 9.59. The third kappa shape index (κ3) is 3.38. The molecule has 5 atom stereocenters. The van der Waals surface area contributed by atoms with Crippen LogP contribution in [0.1, 0.15) is 14.9 Å². The molecule has 3 N–H and O–H groups in total. The zero-order chi connectivity index (χ0) is 10.7. The summed E-state index contributed by atoms with van der Waals surface area (Å²) in [5.74, 6) is 0. The Labute approximate surface area is 96.8 Å². The molecule has 1 aliphatic heterocycles. The highest BCUT2D eigenvalue weighted by Crippen LogP contribution is 2.23. The van der Waals surface area contributed by atoms with Gasteiger partial charge in [-0.05, 0) is 0 Å². The van der Waals surface area contributed by atoms with Gasteiger partial charge < -0.3 is 29.5 Å². The average Bonchev–Trinajstić information content (AvgIpc) is 2.21. The summed E-state index contributed by atoms with van der Waals surface area (Å²) in [6, 6.07) is 0. The Kier molecular flexibility index (Phi) is 9.00. The highest BCUT2D eigenvalue weighted by Gasteiger charge is 2.44. The standard InChI is InChI=1S/C8H16O6.2CH4/c1-12-7-4(3-9)14-8(13-2)6(11)5(7)10;;/h4-11H,3H2,1-2H3;2*1H4. The normalized spacial score (nSPS) is 38.4. The van der Waals surface area contributed by atoms with Crippen LogP contribution in [0.3, 0.4) is 0 Å². The summed E-state index contributed by atoms with van der Waals surface area (Å²) in [7, 11) is 2.72. The Balaban J connectivity index is 0. The summed E-state index contributed by atoms with van der Waals surface area (Å²) in [4.78, 5) is 0. The van der Waals surface area contributed by atoms with Crippen LogP contribution in [0.15, 0.2) is 0 Å². The molecular formula is C10H24O6. The Morgan fingerprint density at radius 2 is 1.62 bits per heavy atom. The molecule has 0 saturated carbocycles. The topological polar surface area (TPSA) is 88.4 Å². The van der Waals surface area contributed by atoms with Gasteiger partial charge in [0, 0.05) is 14.2 Å². The number of ether oxygens (including phenoxy) is 3. The molecule has 0 aromatic carbocycles. The van der Waals surface area contributed by atoms with Gasteiger partial charge in [-0.25, -0.2) is 0 Å². The fraction of sp³-hybridized carbons (Fsp3) is 1.00. The second-order valence-corrected chi connectivity index (χ2v) is 3.14. The third-order valence-electron chi connectivity index (χ3n) is 2.33. The molecule has 1 aliphatic rings. The molecule has 0 aliphatic carbocycles. The minimum Gasteiger partial charge on any atom is -0.394 e. The lowest BCUT2D eigenvalue weighted by molar-refractivity contribution is -0.298. The first-order valence-electron chi connectivity index (χ1n) is 4.33. The summed E-state index contributed by atoms with van der Waals surface area (Å²) in [6.07, 6.45) is -4.68. The monoisotopic (exact) mass is 240 g/mol. The van der Waals surface area contributed by atoms with Gasteiger partial charge in [0.15, 0.2) is 6.29 Å². The van der Waals surface area contributed by atoms with Gasteiger partial charge in [-0.2, -0.15) is 0 Å². The molecule has 16 heavy (non-hydrogen) atoms. The number of rotatable bonds is 3. The van der Waals surface area contributed by atoms with E-state index >= 15 is 0 Å². The lowest BCUT2D eigenvalue weighted by atomic mass is 9.99. The van der Waals surface area contributed by atoms with E-state index in [0.29, 0.717) is 0 Å². The van der Waals surface area contributed by atoms with Crippen LogP contribution in [0.25, 0.3) is 0 Å². The van der Waals surface area contributed by atoms with E-state index in [4.69, 9.17) is 19.3 Å². The van der Waals surface area contributed by atoms with Crippen molar-refractivity contribution in [2.45, 2.75) is 45.6 Å². The number of hydrogen-bond donors (Lipinski definition) is 3. The number of aliphatic hydroxyl groups is 3. The Bertz CT molecular complexity index is 175. The predicted octanol–water partition coefficient (Wildman–Crippen LogP) is -0.641. The van der Waals surface area contributed by atoms with Crippen LogP contribution in [-0.4, -0.2) is 66.9 Å². The second kappa shape index (κ2) is 7.94. The lowest BCUT2D eigenvalue weighted by Gasteiger charge is -2.40. The lowest BCUT2D eigenvalue weighted by Crippen LogP contribution is -2.59. The van der Waals surface area contributed by atoms with Crippen molar-refractivity contribution in [2.24, 2.45) is 0 Å². The molecule has 6 heteroatoms. The van der Waals surface area contributed by atoms with Crippen LogP contribution < -0.4 is 0 Å². The van der Waals surface area contributed by atoms with Crippen LogP contribution in [0.2, 0.25) is 0 Å². The van der Waals surface area contributed by atoms with Crippen molar-refractivity contribution in [2.75, 3.05) is 20.8 Å². The minimum atomic E-state index is -1.17. The molecule has 1 fully saturated rings. The van der Waals surface area contributed by atoms with E-state index < -0.39 is 30.7 Å². The minimum absolute atomic E-state index is 0. The molecule has 0 spiro atoms. The summed E-state index contributed by atoms with van der Waals surface area (Å²) < 4.78 is 14.9. The average molecular weight is 240 g/mol. The smallest absolute Gasteiger partial charge is 0.186 e. The van der Waals surface area contributed by atoms with Gasteiger partial charge in [0.2, 0.25) is 0 Å². The van der Waals surface area contributed by atoms with E-state index in [1.807, 2.05) is 0 Å². The van der Waals surface area contributed by atoms with Gasteiger partial charge in [-0.3, -0.25) is 0 Å². The molecular weight excluding hydrogens is 216 g/mol. The van der Waals surface area contributed by atoms with Crippen LogP contribution >= 0.6 is 0 Å². The van der Waals surface area contributed by atoms with Gasteiger partial charge >= 0.3 is 0 Å². The van der Waals surface area contributed by atoms with E-state index in [1.165, 1.54) is 14.2 Å². The molecule has 5 unspecified atom stereocenters. The maximum atomic E-state index is 9.59. The van der Waals surface area contributed by atoms with E-state index in [-0.39, 0.29) is 21.5 Å². The van der Waals surface area contributed by atoms with E-state index in [2.05, 4.69) is 0 Å². The van der Waals surface area contributed by atoms with Gasteiger partial charge in [-0.15, -0.1) is 0 Å². The van der Waals surface area contributed by atoms with Gasteiger partial charge in [0.1, 0.15) is 24.4 Å². The van der Waals surface area contributed by atoms with Crippen molar-refractivity contribution in [3.8, 4) is 0 Å². The van der Waals surface area contributed by atoms with Crippen LogP contribution in [0, 0.1) is 0 Å². The molecule has 1 rings (SSSR count). The van der Waals surface area contributed by atoms with Crippen molar-refractivity contribution in [3.05, 3.63) is 0 Å². The van der Waals surface area contributed by atoms with Crippen LogP contribution in [-0.2, 0) is 14.2 Å². The molecule has 0 amide bonds. The highest BCUT2D eigenvalue weighted by atomic mass is 16.7. The number of methoxy groups -OCH3 is 2. The first-order chi connectivity index (χ1) is 6.65. The molecule has 0 radical (unpaired) electrons. The molecule has 1 heterocycles. The Morgan fingerprint density at radius 3 is 2.00 bits per heavy atom. The molecule has 0 aromatic rings. The third-order valence-corrected chi connectivity index (χ3v) is 2.33. The highest BCUT2D eigenvalue weighted by molar-refractivity contribution is 4.89. The second-order valence-electron chi connectivity index (χ2n) is 3.14. The largest absolute Gasteiger partial charge is 0.394 e. The SMILES string of the molecule is C.C.COC1OC(CO)C(OC)C(O)C1O. The first kappa shape index (κ1) is 18.1. The Hall–Kier alpha value is -0.240. The molecule has 6 nitrogen and oxygen atoms in total. The summed E-state index contributed by atoms with van der Waals surface area (Å²) in [5, 5.41) is 28.0. The van der Waals surface area contributed by atoms with E-state index in [0.717, 1.165) is 0 Å². The summed E-state index contributed by atoms with van der Waals surface area (Å²) in [6.45, 7) is -0.303. The quantitative estimate of drug-likeness (QED) is 0.608. The van der Waals surface area contributed by atoms with Crippen molar-refractivity contribution < 1.29 is 29.5 Å². The molecule has 0 aromatic heterocycles. The molecule has 100 valence electrons. The fourth-order valence-electron chi connectivity index (χ4n) is 1.54. The van der Waals surface area contributed by atoms with Crippen molar-refractivity contribution in [3.63, 3.8) is 0 Å². The first-order valence-corrected chi connectivity index (χ1v) is 4.33. The molecule has 0 bridgehead atoms. The van der Waals surface area contributed by atoms with Gasteiger partial charge in [0.25, 0.3) is 0 Å². The van der Waals surface area contributed by atoms with Crippen LogP contribution in [0.5, 0.6) is 0 Å². The van der Waals surface area contributed by atoms with Crippen molar-refractivity contribution >= 4 is 0 Å². The number of hydrogen-bond acceptors (Lipinski definition) is 6. The zero-order valence-corrected chi connectivity index (χ0v) is 8.16. The number of aliphatic hydroxyl groups excluding tert-OH is 3. The van der Waals surface area contributed by atoms with Crippen molar-refractivity contribution in [1.29, 1.82) is 0 Å². The Morgan fingerprint density at radius 1 is 1.06 bits per heavy atom. The maximum Gasteiger partial charge on any atom is 0.186 e. The van der Waals surface area contributed by atoms with E-state index in [1.54, 1.807) is 0 Å². The molecule has 1 saturated heterocycles. The summed E-state index contributed by atoms with van der Waals surface area (Å²) in [5.41, 5.74) is 0. The summed E-state index contributed by atoms with van der Waals surface area (Å²) >= 11 is 0. The van der Waals surface area contributed by atoms with Crippen LogP contribution in [0.4, 0.5) is 0 Å². The fourth-order valence-corrected chi connectivity index (χ4v) is 1.54. The predicted molar refractivity (Wildman–Crippen MR) is 59.0 cm³/mol. The van der Waals surface area contributed by atoms with E-state index in [9.17, 15) is 10.2 Å².